The van der Waals surface area contributed by atoms with Crippen LogP contribution in [0.15, 0.2) is 0 Å². The minimum absolute atomic E-state index is 0.209. The minimum atomic E-state index is -0.472. The molecule has 0 aliphatic carbocycles. The Labute approximate surface area is 859 Å². The summed E-state index contributed by atoms with van der Waals surface area (Å²) in [5.74, 6) is -0.209. The molecule has 0 heterocycles. The lowest BCUT2D eigenvalue weighted by atomic mass is 9.91. The van der Waals surface area contributed by atoms with Crippen molar-refractivity contribution in [1.82, 2.24) is 0 Å². The van der Waals surface area contributed by atoms with Crippen LogP contribution in [0.4, 0.5) is 0 Å². The van der Waals surface area contributed by atoms with Crippen molar-refractivity contribution in [2.45, 2.75) is 27.2 Å². The molecular formula is C97H194O47. The fourth-order valence-corrected chi connectivity index (χ4v) is 10.2. The van der Waals surface area contributed by atoms with E-state index in [9.17, 15) is 4.79 Å². The summed E-state index contributed by atoms with van der Waals surface area (Å²) in [5.41, 5.74) is -0.472. The van der Waals surface area contributed by atoms with Crippen LogP contribution in [0.25, 0.3) is 0 Å². The van der Waals surface area contributed by atoms with E-state index in [2.05, 4.69) is 0 Å². The van der Waals surface area contributed by atoms with E-state index < -0.39 is 5.41 Å². The first-order valence-corrected chi connectivity index (χ1v) is 51.6. The van der Waals surface area contributed by atoms with Crippen LogP contribution in [0.3, 0.4) is 0 Å². The summed E-state index contributed by atoms with van der Waals surface area (Å²) in [6.45, 7) is 48.5. The zero-order valence-corrected chi connectivity index (χ0v) is 88.5. The highest BCUT2D eigenvalue weighted by molar-refractivity contribution is 5.75. The summed E-state index contributed by atoms with van der Waals surface area (Å²) in [7, 11) is 1.64. The number of hydrogen-bond acceptors (Lipinski definition) is 47. The lowest BCUT2D eigenvalue weighted by Crippen LogP contribution is -2.27. The zero-order chi connectivity index (χ0) is 103. The molecule has 0 bridgehead atoms. The Hall–Kier alpha value is -2.33. The number of esters is 1. The Morgan fingerprint density at radius 2 is 0.181 bits per heavy atom. The molecule has 0 aliphatic rings. The highest BCUT2D eigenvalue weighted by Gasteiger charge is 2.27. The average Bonchev–Trinajstić information content (AvgIpc) is 0.897. The fraction of sp³-hybridized carbons (Fsp3) is 0.990. The van der Waals surface area contributed by atoms with Gasteiger partial charge in [-0.25, -0.2) is 0 Å². The van der Waals surface area contributed by atoms with Crippen molar-refractivity contribution < 1.29 is 223 Å². The number of rotatable bonds is 137. The van der Waals surface area contributed by atoms with E-state index in [0.717, 1.165) is 6.42 Å². The second kappa shape index (κ2) is 133. The molecule has 0 N–H and O–H groups in total. The standard InChI is InChI=1S/C97H194O47/c1-5-97(2,3)96(98)144-95-94-143-93-92-142-91-90-141-89-88-140-87-86-139-85-84-138-83-82-137-81-80-136-79-78-135-77-76-134-75-74-133-73-72-132-71-70-131-69-68-130-67-66-129-65-64-128-63-62-127-61-60-126-59-58-125-57-56-124-55-54-123-53-52-122-51-50-121-49-48-120-47-46-119-45-44-118-43-42-117-41-40-116-39-38-115-37-36-114-35-34-113-33-32-112-31-30-111-29-28-110-27-26-109-25-24-108-23-22-107-21-20-106-19-18-105-17-16-104-15-14-103-13-12-102-11-10-101-9-8-100-7-6-99-4/h5-95H2,1-4H3. The topological polar surface area (TPSA) is 442 Å². The van der Waals surface area contributed by atoms with Crippen LogP contribution in [-0.4, -0.2) is 608 Å². The first-order chi connectivity index (χ1) is 71.5. The van der Waals surface area contributed by atoms with Gasteiger partial charge in [-0.05, 0) is 20.3 Å². The molecule has 0 spiro atoms. The van der Waals surface area contributed by atoms with Gasteiger partial charge in [0.1, 0.15) is 6.61 Å². The Bertz CT molecular complexity index is 2080. The third-order valence-corrected chi connectivity index (χ3v) is 18.3. The molecule has 0 aliphatic heterocycles. The molecule has 144 heavy (non-hydrogen) atoms. The van der Waals surface area contributed by atoms with Crippen LogP contribution in [0.1, 0.15) is 27.2 Å². The Kier molecular flexibility index (Phi) is 131. The maximum absolute atomic E-state index is 11.9. The van der Waals surface area contributed by atoms with Gasteiger partial charge in [-0.1, -0.05) is 6.92 Å². The van der Waals surface area contributed by atoms with Crippen molar-refractivity contribution in [2.24, 2.45) is 5.41 Å². The largest absolute Gasteiger partial charge is 0.463 e. The SMILES string of the molecule is CCC(C)(C)C(=O)OCCOCCOCCOCCOCCOCCOCCOCCOCCOCCOCCOCCOCCOCCOCCOCCOCCOCCOCCOCCOCCOCCOCCOCCOCCOCCOCCOCCOCCOCCOCCOCCOCCOCCOCCOCCOCCOCCOCCOCCOCCOCCOCCOCCOCCOC. The van der Waals surface area contributed by atoms with Gasteiger partial charge in [0.25, 0.3) is 0 Å². The van der Waals surface area contributed by atoms with E-state index in [1.165, 1.54) is 0 Å². The molecule has 0 aromatic carbocycles. The summed E-state index contributed by atoms with van der Waals surface area (Å²) in [6.07, 6.45) is 0.725. The monoisotopic (exact) mass is 2110 g/mol. The van der Waals surface area contributed by atoms with E-state index in [0.29, 0.717) is 588 Å². The van der Waals surface area contributed by atoms with Crippen LogP contribution >= 0.6 is 0 Å². The quantitative estimate of drug-likeness (QED) is 0.0623. The van der Waals surface area contributed by atoms with Gasteiger partial charge in [0, 0.05) is 7.11 Å². The second-order valence-corrected chi connectivity index (χ2v) is 30.3. The first kappa shape index (κ1) is 142. The summed E-state index contributed by atoms with van der Waals surface area (Å²) in [4.78, 5) is 11.9. The summed E-state index contributed by atoms with van der Waals surface area (Å²) in [5, 5.41) is 0. The molecule has 0 atom stereocenters. The molecule has 0 amide bonds. The maximum atomic E-state index is 11.9. The van der Waals surface area contributed by atoms with Crippen molar-refractivity contribution in [3.05, 3.63) is 0 Å². The molecule has 0 fully saturated rings. The van der Waals surface area contributed by atoms with E-state index in [1.54, 1.807) is 7.11 Å². The molecule has 0 saturated carbocycles. The van der Waals surface area contributed by atoms with Gasteiger partial charge in [0.05, 0.1) is 593 Å². The van der Waals surface area contributed by atoms with E-state index in [-0.39, 0.29) is 12.6 Å². The molecule has 864 valence electrons. The zero-order valence-electron chi connectivity index (χ0n) is 88.5. The summed E-state index contributed by atoms with van der Waals surface area (Å²) in [6, 6.07) is 0. The Balaban J connectivity index is 3.11. The van der Waals surface area contributed by atoms with Crippen molar-refractivity contribution in [3.8, 4) is 0 Å². The van der Waals surface area contributed by atoms with Gasteiger partial charge in [-0.2, -0.15) is 0 Å². The molecule has 0 aromatic rings. The number of methoxy groups -OCH3 is 1. The molecule has 0 saturated heterocycles. The maximum Gasteiger partial charge on any atom is 0.311 e. The number of hydrogen-bond donors (Lipinski definition) is 0. The van der Waals surface area contributed by atoms with E-state index in [1.807, 2.05) is 20.8 Å². The predicted octanol–water partition coefficient (Wildman–Crippen LogP) is 2.34. The van der Waals surface area contributed by atoms with Crippen molar-refractivity contribution >= 4 is 5.97 Å². The van der Waals surface area contributed by atoms with Gasteiger partial charge < -0.3 is 218 Å². The molecular weight excluding hydrogens is 1920 g/mol. The molecule has 0 radical (unpaired) electrons. The van der Waals surface area contributed by atoms with Gasteiger partial charge in [0.15, 0.2) is 0 Å². The van der Waals surface area contributed by atoms with Crippen LogP contribution < -0.4 is 0 Å². The van der Waals surface area contributed by atoms with Crippen LogP contribution in [0.2, 0.25) is 0 Å². The fourth-order valence-electron chi connectivity index (χ4n) is 10.2. The third-order valence-electron chi connectivity index (χ3n) is 18.3. The third kappa shape index (κ3) is 130. The number of carbonyl (C=O) groups excluding carboxylic acids is 1. The molecule has 0 rings (SSSR count). The van der Waals surface area contributed by atoms with Crippen molar-refractivity contribution in [2.75, 3.05) is 602 Å². The molecule has 47 heteroatoms. The molecule has 0 unspecified atom stereocenters. The van der Waals surface area contributed by atoms with Crippen molar-refractivity contribution in [3.63, 3.8) is 0 Å². The van der Waals surface area contributed by atoms with Crippen LogP contribution in [-0.2, 0) is 223 Å². The normalized spacial score (nSPS) is 11.9. The van der Waals surface area contributed by atoms with Crippen LogP contribution in [0.5, 0.6) is 0 Å². The molecule has 47 nitrogen and oxygen atoms in total. The van der Waals surface area contributed by atoms with Gasteiger partial charge in [0.2, 0.25) is 0 Å². The lowest BCUT2D eigenvalue weighted by Gasteiger charge is -2.20. The Morgan fingerprint density at radius 1 is 0.118 bits per heavy atom. The highest BCUT2D eigenvalue weighted by Crippen LogP contribution is 2.21. The van der Waals surface area contributed by atoms with E-state index in [4.69, 9.17) is 218 Å². The van der Waals surface area contributed by atoms with Gasteiger partial charge in [-0.3, -0.25) is 4.79 Å². The summed E-state index contributed by atoms with van der Waals surface area (Å²) >= 11 is 0. The summed E-state index contributed by atoms with van der Waals surface area (Å²) < 4.78 is 253. The first-order valence-electron chi connectivity index (χ1n) is 51.6. The number of ether oxygens (including phenoxy) is 46. The predicted molar refractivity (Wildman–Crippen MR) is 523 cm³/mol. The highest BCUT2D eigenvalue weighted by atomic mass is 16.7. The van der Waals surface area contributed by atoms with Crippen LogP contribution in [0, 0.1) is 5.41 Å². The number of carbonyl (C=O) groups is 1. The minimum Gasteiger partial charge on any atom is -0.463 e. The lowest BCUT2D eigenvalue weighted by molar-refractivity contribution is -0.155. The smallest absolute Gasteiger partial charge is 0.311 e. The average molecular weight is 2110 g/mol. The van der Waals surface area contributed by atoms with Crippen molar-refractivity contribution in [1.29, 1.82) is 0 Å². The van der Waals surface area contributed by atoms with Gasteiger partial charge in [-0.15, -0.1) is 0 Å². The Morgan fingerprint density at radius 3 is 0.243 bits per heavy atom. The van der Waals surface area contributed by atoms with E-state index >= 15 is 0 Å². The van der Waals surface area contributed by atoms with Gasteiger partial charge >= 0.3 is 5.97 Å². The second-order valence-electron chi connectivity index (χ2n) is 30.3. The molecule has 0 aromatic heterocycles.